The highest BCUT2D eigenvalue weighted by molar-refractivity contribution is 9.09. The Morgan fingerprint density at radius 1 is 1.53 bits per heavy atom. The second-order valence-electron chi connectivity index (χ2n) is 4.69. The van der Waals surface area contributed by atoms with Crippen molar-refractivity contribution < 1.29 is 4.74 Å². The first kappa shape index (κ1) is 13.1. The summed E-state index contributed by atoms with van der Waals surface area (Å²) in [5.41, 5.74) is 0. The number of ether oxygens (including phenoxy) is 1. The molecule has 0 amide bonds. The second-order valence-corrected chi connectivity index (χ2v) is 5.33. The van der Waals surface area contributed by atoms with Crippen molar-refractivity contribution in [1.29, 1.82) is 0 Å². The molecule has 2 atom stereocenters. The molecule has 2 unspecified atom stereocenters. The number of aryl methyl sites for hydroxylation is 1. The van der Waals surface area contributed by atoms with Crippen LogP contribution >= 0.6 is 15.9 Å². The average molecular weight is 302 g/mol. The predicted octanol–water partition coefficient (Wildman–Crippen LogP) is 1.45. The molecule has 1 aliphatic rings. The Labute approximate surface area is 111 Å². The SMILES string of the molecule is CC1CN(CCc2nccn2C)CC(CBr)O1. The van der Waals surface area contributed by atoms with Crippen LogP contribution in [0.4, 0.5) is 0 Å². The van der Waals surface area contributed by atoms with Crippen LogP contribution in [0.3, 0.4) is 0 Å². The van der Waals surface area contributed by atoms with Gasteiger partial charge in [0, 0.05) is 50.8 Å². The summed E-state index contributed by atoms with van der Waals surface area (Å²) in [5.74, 6) is 1.15. The van der Waals surface area contributed by atoms with E-state index < -0.39 is 0 Å². The van der Waals surface area contributed by atoms with Crippen LogP contribution in [-0.4, -0.2) is 51.6 Å². The van der Waals surface area contributed by atoms with Crippen LogP contribution in [-0.2, 0) is 18.2 Å². The van der Waals surface area contributed by atoms with E-state index in [-0.39, 0.29) is 0 Å². The average Bonchev–Trinajstić information content (AvgIpc) is 2.71. The molecule has 0 radical (unpaired) electrons. The largest absolute Gasteiger partial charge is 0.372 e. The fraction of sp³-hybridized carbons (Fsp3) is 0.750. The number of aromatic nitrogens is 2. The molecule has 1 aromatic heterocycles. The van der Waals surface area contributed by atoms with Crippen LogP contribution in [0.15, 0.2) is 12.4 Å². The fourth-order valence-electron chi connectivity index (χ4n) is 2.30. The van der Waals surface area contributed by atoms with Gasteiger partial charge in [0.05, 0.1) is 12.2 Å². The lowest BCUT2D eigenvalue weighted by Gasteiger charge is -2.36. The Bertz CT molecular complexity index is 355. The van der Waals surface area contributed by atoms with Crippen molar-refractivity contribution >= 4 is 15.9 Å². The number of nitrogens with zero attached hydrogens (tertiary/aromatic N) is 3. The Morgan fingerprint density at radius 2 is 2.35 bits per heavy atom. The molecule has 0 N–H and O–H groups in total. The molecule has 1 aliphatic heterocycles. The fourth-order valence-corrected chi connectivity index (χ4v) is 2.66. The van der Waals surface area contributed by atoms with Gasteiger partial charge in [-0.1, -0.05) is 15.9 Å². The van der Waals surface area contributed by atoms with Crippen molar-refractivity contribution in [1.82, 2.24) is 14.5 Å². The van der Waals surface area contributed by atoms with E-state index >= 15 is 0 Å². The Hall–Kier alpha value is -0.390. The molecule has 1 aromatic rings. The van der Waals surface area contributed by atoms with Crippen molar-refractivity contribution in [2.45, 2.75) is 25.6 Å². The van der Waals surface area contributed by atoms with E-state index in [2.05, 4.69) is 37.3 Å². The molecule has 0 bridgehead atoms. The van der Waals surface area contributed by atoms with Gasteiger partial charge < -0.3 is 9.30 Å². The van der Waals surface area contributed by atoms with Crippen LogP contribution in [0.2, 0.25) is 0 Å². The molecule has 0 spiro atoms. The first-order chi connectivity index (χ1) is 8.19. The lowest BCUT2D eigenvalue weighted by atomic mass is 10.2. The summed E-state index contributed by atoms with van der Waals surface area (Å²) in [7, 11) is 2.05. The Balaban J connectivity index is 1.84. The van der Waals surface area contributed by atoms with Gasteiger partial charge >= 0.3 is 0 Å². The summed E-state index contributed by atoms with van der Waals surface area (Å²) in [6.45, 7) is 5.23. The summed E-state index contributed by atoms with van der Waals surface area (Å²) >= 11 is 3.50. The molecule has 17 heavy (non-hydrogen) atoms. The van der Waals surface area contributed by atoms with Gasteiger partial charge in [0.25, 0.3) is 0 Å². The molecule has 2 heterocycles. The van der Waals surface area contributed by atoms with Gasteiger partial charge in [-0.3, -0.25) is 4.90 Å². The molecule has 5 heteroatoms. The minimum absolute atomic E-state index is 0.320. The molecular weight excluding hydrogens is 282 g/mol. The van der Waals surface area contributed by atoms with E-state index in [0.717, 1.165) is 37.2 Å². The van der Waals surface area contributed by atoms with Gasteiger partial charge in [-0.2, -0.15) is 0 Å². The van der Waals surface area contributed by atoms with Crippen molar-refractivity contribution in [3.63, 3.8) is 0 Å². The van der Waals surface area contributed by atoms with Crippen LogP contribution in [0, 0.1) is 0 Å². The van der Waals surface area contributed by atoms with E-state index in [0.29, 0.717) is 12.2 Å². The highest BCUT2D eigenvalue weighted by Gasteiger charge is 2.24. The standard InChI is InChI=1S/C12H20BrN3O/c1-10-8-16(9-11(7-13)17-10)5-3-12-14-4-6-15(12)2/h4,6,10-11H,3,5,7-9H2,1-2H3. The Kier molecular flexibility index (Phi) is 4.59. The lowest BCUT2D eigenvalue weighted by molar-refractivity contribution is -0.0649. The number of imidazole rings is 1. The normalized spacial score (nSPS) is 26.3. The summed E-state index contributed by atoms with van der Waals surface area (Å²) in [4.78, 5) is 6.82. The first-order valence-electron chi connectivity index (χ1n) is 6.09. The van der Waals surface area contributed by atoms with Gasteiger partial charge in [-0.05, 0) is 6.92 Å². The topological polar surface area (TPSA) is 30.3 Å². The minimum atomic E-state index is 0.320. The third-order valence-corrected chi connectivity index (χ3v) is 3.87. The number of hydrogen-bond acceptors (Lipinski definition) is 3. The van der Waals surface area contributed by atoms with Crippen molar-refractivity contribution in [3.05, 3.63) is 18.2 Å². The number of rotatable bonds is 4. The number of alkyl halides is 1. The zero-order chi connectivity index (χ0) is 12.3. The predicted molar refractivity (Wildman–Crippen MR) is 71.5 cm³/mol. The van der Waals surface area contributed by atoms with Gasteiger partial charge in [-0.25, -0.2) is 4.98 Å². The Morgan fingerprint density at radius 3 is 3.00 bits per heavy atom. The molecule has 0 aromatic carbocycles. The zero-order valence-electron chi connectivity index (χ0n) is 10.5. The van der Waals surface area contributed by atoms with Gasteiger partial charge in [0.15, 0.2) is 0 Å². The van der Waals surface area contributed by atoms with Crippen molar-refractivity contribution in [3.8, 4) is 0 Å². The van der Waals surface area contributed by atoms with Crippen LogP contribution < -0.4 is 0 Å². The zero-order valence-corrected chi connectivity index (χ0v) is 12.1. The molecular formula is C12H20BrN3O. The second kappa shape index (κ2) is 5.98. The minimum Gasteiger partial charge on any atom is -0.372 e. The quantitative estimate of drug-likeness (QED) is 0.789. The van der Waals surface area contributed by atoms with Gasteiger partial charge in [0.1, 0.15) is 5.82 Å². The van der Waals surface area contributed by atoms with E-state index in [1.54, 1.807) is 0 Å². The summed E-state index contributed by atoms with van der Waals surface area (Å²) in [6.07, 6.45) is 5.51. The summed E-state index contributed by atoms with van der Waals surface area (Å²) < 4.78 is 7.91. The highest BCUT2D eigenvalue weighted by Crippen LogP contribution is 2.13. The van der Waals surface area contributed by atoms with Crippen LogP contribution in [0.1, 0.15) is 12.7 Å². The third kappa shape index (κ3) is 3.53. The van der Waals surface area contributed by atoms with E-state index in [9.17, 15) is 0 Å². The summed E-state index contributed by atoms with van der Waals surface area (Å²) in [6, 6.07) is 0. The van der Waals surface area contributed by atoms with E-state index in [1.807, 2.05) is 19.4 Å². The van der Waals surface area contributed by atoms with E-state index in [4.69, 9.17) is 4.74 Å². The first-order valence-corrected chi connectivity index (χ1v) is 7.21. The maximum absolute atomic E-state index is 5.82. The molecule has 1 saturated heterocycles. The molecule has 1 fully saturated rings. The van der Waals surface area contributed by atoms with E-state index in [1.165, 1.54) is 0 Å². The van der Waals surface area contributed by atoms with Gasteiger partial charge in [-0.15, -0.1) is 0 Å². The smallest absolute Gasteiger partial charge is 0.109 e. The number of halogens is 1. The number of hydrogen-bond donors (Lipinski definition) is 0. The molecule has 2 rings (SSSR count). The summed E-state index contributed by atoms with van der Waals surface area (Å²) in [5, 5.41) is 0.913. The molecule has 4 nitrogen and oxygen atoms in total. The molecule has 0 aliphatic carbocycles. The van der Waals surface area contributed by atoms with Crippen LogP contribution in [0.5, 0.6) is 0 Å². The maximum Gasteiger partial charge on any atom is 0.109 e. The highest BCUT2D eigenvalue weighted by atomic mass is 79.9. The van der Waals surface area contributed by atoms with Crippen molar-refractivity contribution in [2.75, 3.05) is 25.0 Å². The monoisotopic (exact) mass is 301 g/mol. The van der Waals surface area contributed by atoms with Gasteiger partial charge in [0.2, 0.25) is 0 Å². The third-order valence-electron chi connectivity index (χ3n) is 3.15. The lowest BCUT2D eigenvalue weighted by Crippen LogP contribution is -2.47. The van der Waals surface area contributed by atoms with Crippen molar-refractivity contribution in [2.24, 2.45) is 7.05 Å². The maximum atomic E-state index is 5.82. The number of morpholine rings is 1. The molecule has 0 saturated carbocycles. The molecule has 96 valence electrons. The van der Waals surface area contributed by atoms with Crippen LogP contribution in [0.25, 0.3) is 0 Å².